The number of hydrogen-bond donors (Lipinski definition) is 1. The Morgan fingerprint density at radius 2 is 2.21 bits per heavy atom. The third kappa shape index (κ3) is 1.42. The molecular weight excluding hydrogens is 194 g/mol. The number of carbonyl (C=O) groups excluding carboxylic acids is 1. The fourth-order valence-electron chi connectivity index (χ4n) is 1.75. The predicted octanol–water partition coefficient (Wildman–Crippen LogP) is 2.20. The molecule has 2 rings (SSSR count). The van der Waals surface area contributed by atoms with Gasteiger partial charge in [-0.1, -0.05) is 12.1 Å². The van der Waals surface area contributed by atoms with Crippen LogP contribution in [0, 0.1) is 0 Å². The largest absolute Gasteiger partial charge is 0.315 e. The first-order valence-electron chi connectivity index (χ1n) is 4.67. The predicted molar refractivity (Wildman–Crippen MR) is 61.0 cm³/mol. The highest BCUT2D eigenvalue weighted by Crippen LogP contribution is 2.31. The summed E-state index contributed by atoms with van der Waals surface area (Å²) in [5, 5.41) is 0.223. The van der Waals surface area contributed by atoms with E-state index in [4.69, 9.17) is 0 Å². The van der Waals surface area contributed by atoms with Crippen molar-refractivity contribution in [3.63, 3.8) is 0 Å². The standard InChI is InChI=1S/C11H13NOS/c1-7(14)8-3-4-10-9(5-8)6-11(13)12(10)2/h3-5,7,14H,6H2,1-2H3. The van der Waals surface area contributed by atoms with Gasteiger partial charge in [0.25, 0.3) is 0 Å². The molecule has 1 amide bonds. The minimum Gasteiger partial charge on any atom is -0.315 e. The maximum Gasteiger partial charge on any atom is 0.231 e. The van der Waals surface area contributed by atoms with Crippen LogP contribution >= 0.6 is 12.6 Å². The first-order valence-corrected chi connectivity index (χ1v) is 5.18. The van der Waals surface area contributed by atoms with Gasteiger partial charge < -0.3 is 4.90 Å². The molecule has 0 radical (unpaired) electrons. The summed E-state index contributed by atoms with van der Waals surface area (Å²) >= 11 is 4.37. The summed E-state index contributed by atoms with van der Waals surface area (Å²) in [6.07, 6.45) is 0.528. The highest BCUT2D eigenvalue weighted by atomic mass is 32.1. The summed E-state index contributed by atoms with van der Waals surface area (Å²) in [7, 11) is 1.82. The Bertz CT molecular complexity index is 387. The lowest BCUT2D eigenvalue weighted by molar-refractivity contribution is -0.117. The minimum absolute atomic E-state index is 0.170. The van der Waals surface area contributed by atoms with Crippen molar-refractivity contribution < 1.29 is 4.79 Å². The van der Waals surface area contributed by atoms with Crippen molar-refractivity contribution in [1.82, 2.24) is 0 Å². The number of carbonyl (C=O) groups is 1. The average molecular weight is 207 g/mol. The topological polar surface area (TPSA) is 20.3 Å². The molecule has 1 aliphatic rings. The molecule has 0 aromatic heterocycles. The summed E-state index contributed by atoms with van der Waals surface area (Å²) in [5.41, 5.74) is 3.33. The number of likely N-dealkylation sites (N-methyl/N-ethyl adjacent to an activating group) is 1. The van der Waals surface area contributed by atoms with E-state index in [0.717, 1.165) is 11.3 Å². The van der Waals surface area contributed by atoms with Crippen molar-refractivity contribution >= 4 is 24.2 Å². The number of anilines is 1. The van der Waals surface area contributed by atoms with Gasteiger partial charge >= 0.3 is 0 Å². The van der Waals surface area contributed by atoms with Crippen LogP contribution in [0.15, 0.2) is 18.2 Å². The van der Waals surface area contributed by atoms with Gasteiger partial charge in [-0.15, -0.1) is 0 Å². The maximum absolute atomic E-state index is 11.4. The molecule has 1 unspecified atom stereocenters. The van der Waals surface area contributed by atoms with E-state index in [1.165, 1.54) is 5.56 Å². The molecule has 0 spiro atoms. The molecule has 1 aromatic carbocycles. The molecule has 0 N–H and O–H groups in total. The van der Waals surface area contributed by atoms with Crippen molar-refractivity contribution in [2.24, 2.45) is 0 Å². The minimum atomic E-state index is 0.170. The second-order valence-corrected chi connectivity index (χ2v) is 4.47. The summed E-state index contributed by atoms with van der Waals surface area (Å²) in [6, 6.07) is 6.11. The average Bonchev–Trinajstić information content (AvgIpc) is 2.42. The van der Waals surface area contributed by atoms with Crippen LogP contribution in [0.1, 0.15) is 23.3 Å². The molecule has 14 heavy (non-hydrogen) atoms. The SMILES string of the molecule is CC(S)c1ccc2c(c1)CC(=O)N2C. The Hall–Kier alpha value is -0.960. The molecule has 2 nitrogen and oxygen atoms in total. The van der Waals surface area contributed by atoms with Gasteiger partial charge in [-0.3, -0.25) is 4.79 Å². The molecule has 74 valence electrons. The van der Waals surface area contributed by atoms with Crippen LogP contribution in [-0.2, 0) is 11.2 Å². The van der Waals surface area contributed by atoms with E-state index in [9.17, 15) is 4.79 Å². The normalized spacial score (nSPS) is 17.1. The fraction of sp³-hybridized carbons (Fsp3) is 0.364. The molecule has 0 fully saturated rings. The first kappa shape index (κ1) is 9.59. The van der Waals surface area contributed by atoms with E-state index in [1.807, 2.05) is 26.1 Å². The zero-order chi connectivity index (χ0) is 10.3. The first-order chi connectivity index (χ1) is 6.59. The Kier molecular flexibility index (Phi) is 2.27. The molecule has 0 aliphatic carbocycles. The lowest BCUT2D eigenvalue weighted by atomic mass is 10.1. The Morgan fingerprint density at radius 3 is 2.86 bits per heavy atom. The van der Waals surface area contributed by atoms with Crippen LogP contribution in [-0.4, -0.2) is 13.0 Å². The third-order valence-electron chi connectivity index (χ3n) is 2.66. The lowest BCUT2D eigenvalue weighted by Crippen LogP contribution is -2.20. The van der Waals surface area contributed by atoms with Gasteiger partial charge in [0.05, 0.1) is 6.42 Å². The smallest absolute Gasteiger partial charge is 0.231 e. The Labute approximate surface area is 89.3 Å². The van der Waals surface area contributed by atoms with Crippen molar-refractivity contribution in [2.75, 3.05) is 11.9 Å². The second kappa shape index (κ2) is 3.31. The molecule has 0 saturated heterocycles. The van der Waals surface area contributed by atoms with Crippen molar-refractivity contribution in [1.29, 1.82) is 0 Å². The van der Waals surface area contributed by atoms with Crippen LogP contribution in [0.3, 0.4) is 0 Å². The van der Waals surface area contributed by atoms with Crippen LogP contribution in [0.2, 0.25) is 0 Å². The van der Waals surface area contributed by atoms with Crippen molar-refractivity contribution in [3.8, 4) is 0 Å². The van der Waals surface area contributed by atoms with E-state index in [1.54, 1.807) is 4.90 Å². The summed E-state index contributed by atoms with van der Waals surface area (Å²) in [6.45, 7) is 2.03. The zero-order valence-electron chi connectivity index (χ0n) is 8.32. The van der Waals surface area contributed by atoms with E-state index < -0.39 is 0 Å². The lowest BCUT2D eigenvalue weighted by Gasteiger charge is -2.11. The molecular formula is C11H13NOS. The maximum atomic E-state index is 11.4. The number of hydrogen-bond acceptors (Lipinski definition) is 2. The number of nitrogens with zero attached hydrogens (tertiary/aromatic N) is 1. The third-order valence-corrected chi connectivity index (χ3v) is 2.96. The monoisotopic (exact) mass is 207 g/mol. The highest BCUT2D eigenvalue weighted by molar-refractivity contribution is 7.80. The van der Waals surface area contributed by atoms with Crippen LogP contribution in [0.25, 0.3) is 0 Å². The molecule has 1 atom stereocenters. The fourth-order valence-corrected chi connectivity index (χ4v) is 1.91. The number of benzene rings is 1. The summed E-state index contributed by atoms with van der Waals surface area (Å²) in [5.74, 6) is 0.170. The van der Waals surface area contributed by atoms with E-state index in [0.29, 0.717) is 6.42 Å². The highest BCUT2D eigenvalue weighted by Gasteiger charge is 2.23. The van der Waals surface area contributed by atoms with Gasteiger partial charge in [0, 0.05) is 18.0 Å². The van der Waals surface area contributed by atoms with Crippen molar-refractivity contribution in [3.05, 3.63) is 29.3 Å². The Morgan fingerprint density at radius 1 is 1.50 bits per heavy atom. The van der Waals surface area contributed by atoms with Gasteiger partial charge in [0.1, 0.15) is 0 Å². The van der Waals surface area contributed by atoms with E-state index in [-0.39, 0.29) is 11.2 Å². The number of fused-ring (bicyclic) bond motifs is 1. The van der Waals surface area contributed by atoms with E-state index in [2.05, 4.69) is 18.7 Å². The van der Waals surface area contributed by atoms with Gasteiger partial charge in [0.15, 0.2) is 0 Å². The molecule has 1 heterocycles. The van der Waals surface area contributed by atoms with Crippen LogP contribution in [0.5, 0.6) is 0 Å². The second-order valence-electron chi connectivity index (χ2n) is 3.69. The molecule has 0 saturated carbocycles. The van der Waals surface area contributed by atoms with Gasteiger partial charge in [-0.25, -0.2) is 0 Å². The molecule has 1 aromatic rings. The van der Waals surface area contributed by atoms with E-state index >= 15 is 0 Å². The van der Waals surface area contributed by atoms with Gasteiger partial charge in [-0.05, 0) is 24.1 Å². The Balaban J connectivity index is 2.44. The van der Waals surface area contributed by atoms with Crippen LogP contribution < -0.4 is 4.90 Å². The van der Waals surface area contributed by atoms with Crippen LogP contribution in [0.4, 0.5) is 5.69 Å². The summed E-state index contributed by atoms with van der Waals surface area (Å²) < 4.78 is 0. The quantitative estimate of drug-likeness (QED) is 0.700. The molecule has 0 bridgehead atoms. The van der Waals surface area contributed by atoms with Gasteiger partial charge in [0.2, 0.25) is 5.91 Å². The van der Waals surface area contributed by atoms with Gasteiger partial charge in [-0.2, -0.15) is 12.6 Å². The van der Waals surface area contributed by atoms with Crippen molar-refractivity contribution in [2.45, 2.75) is 18.6 Å². The number of rotatable bonds is 1. The summed E-state index contributed by atoms with van der Waals surface area (Å²) in [4.78, 5) is 13.1. The zero-order valence-corrected chi connectivity index (χ0v) is 9.21. The number of amides is 1. The molecule has 1 aliphatic heterocycles. The number of thiol groups is 1. The molecule has 3 heteroatoms.